The number of hydrogen-bond acceptors (Lipinski definition) is 4. The summed E-state index contributed by atoms with van der Waals surface area (Å²) in [6.45, 7) is 2.14. The number of thiophene rings is 2. The summed E-state index contributed by atoms with van der Waals surface area (Å²) in [4.78, 5) is 1.42. The molecule has 2 nitrogen and oxygen atoms in total. The van der Waals surface area contributed by atoms with Crippen LogP contribution in [0.15, 0.2) is 28.3 Å². The Kier molecular flexibility index (Phi) is 4.12. The second-order valence-corrected chi connectivity index (χ2v) is 5.62. The van der Waals surface area contributed by atoms with Gasteiger partial charge in [-0.2, -0.15) is 11.3 Å². The third kappa shape index (κ3) is 2.71. The van der Waals surface area contributed by atoms with Crippen molar-refractivity contribution in [1.29, 1.82) is 0 Å². The Balaban J connectivity index is 1.99. The van der Waals surface area contributed by atoms with Crippen molar-refractivity contribution >= 4 is 22.7 Å². The van der Waals surface area contributed by atoms with E-state index in [0.29, 0.717) is 0 Å². The molecule has 86 valence electrons. The number of hydrazine groups is 1. The third-order valence-electron chi connectivity index (χ3n) is 2.73. The first-order chi connectivity index (χ1) is 7.81. The van der Waals surface area contributed by atoms with Gasteiger partial charge in [0, 0.05) is 10.9 Å². The molecule has 16 heavy (non-hydrogen) atoms. The number of nitrogens with one attached hydrogen (secondary N) is 1. The fraction of sp³-hybridized carbons (Fsp3) is 0.333. The average Bonchev–Trinajstić information content (AvgIpc) is 2.92. The number of aryl methyl sites for hydroxylation is 2. The molecule has 2 rings (SSSR count). The minimum atomic E-state index is 0.272. The summed E-state index contributed by atoms with van der Waals surface area (Å²) in [7, 11) is 0. The van der Waals surface area contributed by atoms with Crippen LogP contribution in [0.5, 0.6) is 0 Å². The average molecular weight is 252 g/mol. The van der Waals surface area contributed by atoms with Crippen LogP contribution in [0.1, 0.15) is 28.5 Å². The Morgan fingerprint density at radius 1 is 1.44 bits per heavy atom. The molecule has 3 N–H and O–H groups in total. The van der Waals surface area contributed by atoms with Gasteiger partial charge < -0.3 is 0 Å². The molecule has 0 amide bonds. The van der Waals surface area contributed by atoms with Gasteiger partial charge in [0.15, 0.2) is 0 Å². The fourth-order valence-corrected chi connectivity index (χ4v) is 3.43. The molecule has 0 aliphatic heterocycles. The van der Waals surface area contributed by atoms with E-state index < -0.39 is 0 Å². The van der Waals surface area contributed by atoms with Crippen LogP contribution in [0, 0.1) is 6.92 Å². The van der Waals surface area contributed by atoms with Crippen molar-refractivity contribution in [2.24, 2.45) is 5.84 Å². The van der Waals surface area contributed by atoms with Crippen molar-refractivity contribution in [1.82, 2.24) is 5.43 Å². The lowest BCUT2D eigenvalue weighted by Crippen LogP contribution is -2.28. The van der Waals surface area contributed by atoms with Crippen LogP contribution >= 0.6 is 22.7 Å². The molecule has 1 atom stereocenters. The highest BCUT2D eigenvalue weighted by Gasteiger charge is 2.12. The zero-order valence-corrected chi connectivity index (χ0v) is 10.9. The number of hydrogen-bond donors (Lipinski definition) is 2. The molecule has 2 aromatic heterocycles. The van der Waals surface area contributed by atoms with Gasteiger partial charge in [0.1, 0.15) is 0 Å². The van der Waals surface area contributed by atoms with Crippen LogP contribution in [-0.2, 0) is 6.42 Å². The van der Waals surface area contributed by atoms with Crippen molar-refractivity contribution in [2.45, 2.75) is 25.8 Å². The van der Waals surface area contributed by atoms with E-state index in [4.69, 9.17) is 5.84 Å². The highest BCUT2D eigenvalue weighted by Crippen LogP contribution is 2.25. The van der Waals surface area contributed by atoms with Crippen molar-refractivity contribution < 1.29 is 0 Å². The normalized spacial score (nSPS) is 12.9. The third-order valence-corrected chi connectivity index (χ3v) is 4.55. The summed E-state index contributed by atoms with van der Waals surface area (Å²) in [5, 5.41) is 6.48. The molecule has 1 unspecified atom stereocenters. The topological polar surface area (TPSA) is 38.0 Å². The minimum absolute atomic E-state index is 0.272. The van der Waals surface area contributed by atoms with E-state index in [0.717, 1.165) is 12.8 Å². The predicted octanol–water partition coefficient (Wildman–Crippen LogP) is 3.26. The highest BCUT2D eigenvalue weighted by molar-refractivity contribution is 7.09. The van der Waals surface area contributed by atoms with E-state index in [9.17, 15) is 0 Å². The summed E-state index contributed by atoms with van der Waals surface area (Å²) in [5.74, 6) is 5.63. The Morgan fingerprint density at radius 3 is 2.88 bits per heavy atom. The zero-order chi connectivity index (χ0) is 11.4. The van der Waals surface area contributed by atoms with E-state index in [1.165, 1.54) is 16.0 Å². The van der Waals surface area contributed by atoms with Gasteiger partial charge in [-0.15, -0.1) is 11.3 Å². The maximum atomic E-state index is 5.63. The first-order valence-corrected chi connectivity index (χ1v) is 7.14. The minimum Gasteiger partial charge on any atom is -0.271 e. The molecular formula is C12H16N2S2. The monoisotopic (exact) mass is 252 g/mol. The van der Waals surface area contributed by atoms with Gasteiger partial charge in [0.05, 0.1) is 0 Å². The molecule has 0 saturated heterocycles. The molecule has 0 spiro atoms. The lowest BCUT2D eigenvalue weighted by atomic mass is 10.0. The lowest BCUT2D eigenvalue weighted by Gasteiger charge is -2.15. The predicted molar refractivity (Wildman–Crippen MR) is 71.8 cm³/mol. The lowest BCUT2D eigenvalue weighted by molar-refractivity contribution is 0.517. The Morgan fingerprint density at radius 2 is 2.31 bits per heavy atom. The molecular weight excluding hydrogens is 236 g/mol. The molecule has 0 fully saturated rings. The van der Waals surface area contributed by atoms with Crippen molar-refractivity contribution in [2.75, 3.05) is 0 Å². The van der Waals surface area contributed by atoms with Crippen molar-refractivity contribution in [3.8, 4) is 0 Å². The molecule has 4 heteroatoms. The van der Waals surface area contributed by atoms with Gasteiger partial charge in [-0.05, 0) is 53.1 Å². The summed E-state index contributed by atoms with van der Waals surface area (Å²) in [5.41, 5.74) is 5.59. The van der Waals surface area contributed by atoms with Gasteiger partial charge in [-0.1, -0.05) is 6.07 Å². The molecule has 0 bridgehead atoms. The van der Waals surface area contributed by atoms with Crippen LogP contribution in [0.2, 0.25) is 0 Å². The maximum absolute atomic E-state index is 5.63. The van der Waals surface area contributed by atoms with E-state index in [1.807, 2.05) is 11.3 Å². The Labute approximate surface area is 104 Å². The van der Waals surface area contributed by atoms with Gasteiger partial charge in [-0.3, -0.25) is 11.3 Å². The van der Waals surface area contributed by atoms with E-state index in [2.05, 4.69) is 40.6 Å². The van der Waals surface area contributed by atoms with Crippen LogP contribution in [0.4, 0.5) is 0 Å². The van der Waals surface area contributed by atoms with Crippen molar-refractivity contribution in [3.05, 3.63) is 44.3 Å². The summed E-state index contributed by atoms with van der Waals surface area (Å²) in [6.07, 6.45) is 2.14. The van der Waals surface area contributed by atoms with Crippen LogP contribution < -0.4 is 11.3 Å². The largest absolute Gasteiger partial charge is 0.271 e. The molecule has 0 radical (unpaired) electrons. The first kappa shape index (κ1) is 11.8. The van der Waals surface area contributed by atoms with E-state index in [1.54, 1.807) is 11.3 Å². The van der Waals surface area contributed by atoms with E-state index >= 15 is 0 Å². The highest BCUT2D eigenvalue weighted by atomic mass is 32.1. The second-order valence-electron chi connectivity index (χ2n) is 3.85. The molecule has 2 heterocycles. The zero-order valence-electron chi connectivity index (χ0n) is 9.27. The number of rotatable bonds is 5. The molecule has 0 aromatic carbocycles. The molecule has 0 saturated carbocycles. The number of nitrogens with two attached hydrogens (primary N) is 1. The second kappa shape index (κ2) is 5.59. The van der Waals surface area contributed by atoms with Crippen LogP contribution in [0.3, 0.4) is 0 Å². The fourth-order valence-electron chi connectivity index (χ4n) is 1.80. The van der Waals surface area contributed by atoms with Crippen LogP contribution in [-0.4, -0.2) is 0 Å². The van der Waals surface area contributed by atoms with Gasteiger partial charge in [0.25, 0.3) is 0 Å². The summed E-state index contributed by atoms with van der Waals surface area (Å²) < 4.78 is 0. The van der Waals surface area contributed by atoms with Gasteiger partial charge in [0.2, 0.25) is 0 Å². The molecule has 0 aliphatic rings. The first-order valence-electron chi connectivity index (χ1n) is 5.32. The molecule has 0 aliphatic carbocycles. The Hall–Kier alpha value is -0.680. The molecule has 2 aromatic rings. The van der Waals surface area contributed by atoms with E-state index in [-0.39, 0.29) is 6.04 Å². The van der Waals surface area contributed by atoms with Crippen LogP contribution in [0.25, 0.3) is 0 Å². The van der Waals surface area contributed by atoms with Crippen molar-refractivity contribution in [3.63, 3.8) is 0 Å². The van der Waals surface area contributed by atoms with Gasteiger partial charge in [-0.25, -0.2) is 0 Å². The Bertz CT molecular complexity index is 420. The van der Waals surface area contributed by atoms with Gasteiger partial charge >= 0.3 is 0 Å². The maximum Gasteiger partial charge on any atom is 0.0474 e. The quantitative estimate of drug-likeness (QED) is 0.633. The summed E-state index contributed by atoms with van der Waals surface area (Å²) >= 11 is 3.55. The smallest absolute Gasteiger partial charge is 0.0474 e. The summed E-state index contributed by atoms with van der Waals surface area (Å²) in [6, 6.07) is 4.55. The standard InChI is InChI=1S/C12H16N2S2/c1-9-7-15-8-11(9)12(14-13)5-4-10-3-2-6-16-10/h2-3,6-8,12,14H,4-5,13H2,1H3. The SMILES string of the molecule is Cc1cscc1C(CCc1cccs1)NN.